The molecule has 0 aromatic rings. The van der Waals surface area contributed by atoms with Gasteiger partial charge in [0.2, 0.25) is 5.91 Å². The van der Waals surface area contributed by atoms with Gasteiger partial charge in [-0.25, -0.2) is 0 Å². The Morgan fingerprint density at radius 3 is 2.32 bits per heavy atom. The fourth-order valence-corrected chi connectivity index (χ4v) is 2.48. The Bertz CT molecular complexity index is 377. The summed E-state index contributed by atoms with van der Waals surface area (Å²) in [5.41, 5.74) is 0. The van der Waals surface area contributed by atoms with Crippen LogP contribution in [0.3, 0.4) is 0 Å². The van der Waals surface area contributed by atoms with E-state index in [1.807, 2.05) is 0 Å². The third kappa shape index (κ3) is 6.53. The Kier molecular flexibility index (Phi) is 8.69. The summed E-state index contributed by atoms with van der Waals surface area (Å²) in [5, 5.41) is 7.90. The highest BCUT2D eigenvalue weighted by Gasteiger charge is 2.24. The van der Waals surface area contributed by atoms with Crippen molar-refractivity contribution in [3.05, 3.63) is 0 Å². The number of nitrogens with zero attached hydrogens (tertiary/aromatic N) is 1. The standard InChI is InChI=1S/C15H28N4O3/c1-3-19(4-2)11-5-8-17-14(21)15(22)18-13(20)12-6-9-16-10-7-12/h12,16H,3-11H2,1-2H3,(H,17,21)(H,18,20,22). The molecule has 1 aliphatic heterocycles. The molecular formula is C15H28N4O3. The van der Waals surface area contributed by atoms with Crippen molar-refractivity contribution in [3.8, 4) is 0 Å². The highest BCUT2D eigenvalue weighted by molar-refractivity contribution is 6.37. The molecule has 0 unspecified atom stereocenters. The van der Waals surface area contributed by atoms with Crippen LogP contribution in [0, 0.1) is 5.92 Å². The number of hydrogen-bond donors (Lipinski definition) is 3. The second-order valence-electron chi connectivity index (χ2n) is 5.48. The molecule has 0 radical (unpaired) electrons. The fraction of sp³-hybridized carbons (Fsp3) is 0.800. The molecule has 1 aliphatic rings. The summed E-state index contributed by atoms with van der Waals surface area (Å²) in [5.74, 6) is -2.11. The Balaban J connectivity index is 2.21. The average Bonchev–Trinajstić information content (AvgIpc) is 2.55. The van der Waals surface area contributed by atoms with Crippen molar-refractivity contribution in [2.24, 2.45) is 5.92 Å². The van der Waals surface area contributed by atoms with Gasteiger partial charge in [-0.3, -0.25) is 19.7 Å². The van der Waals surface area contributed by atoms with E-state index < -0.39 is 11.8 Å². The van der Waals surface area contributed by atoms with Crippen LogP contribution in [0.1, 0.15) is 33.1 Å². The van der Waals surface area contributed by atoms with E-state index >= 15 is 0 Å². The topological polar surface area (TPSA) is 90.5 Å². The number of hydrogen-bond acceptors (Lipinski definition) is 5. The Labute approximate surface area is 132 Å². The summed E-state index contributed by atoms with van der Waals surface area (Å²) >= 11 is 0. The molecule has 22 heavy (non-hydrogen) atoms. The number of imide groups is 1. The first-order valence-electron chi connectivity index (χ1n) is 8.14. The Morgan fingerprint density at radius 2 is 1.73 bits per heavy atom. The van der Waals surface area contributed by atoms with Crippen LogP contribution >= 0.6 is 0 Å². The largest absolute Gasteiger partial charge is 0.348 e. The molecule has 1 fully saturated rings. The lowest BCUT2D eigenvalue weighted by Crippen LogP contribution is -2.46. The second-order valence-corrected chi connectivity index (χ2v) is 5.48. The summed E-state index contributed by atoms with van der Waals surface area (Å²) < 4.78 is 0. The number of carbonyl (C=O) groups excluding carboxylic acids is 3. The minimum absolute atomic E-state index is 0.180. The molecule has 0 atom stereocenters. The minimum Gasteiger partial charge on any atom is -0.348 e. The monoisotopic (exact) mass is 312 g/mol. The van der Waals surface area contributed by atoms with Gasteiger partial charge in [0.15, 0.2) is 0 Å². The predicted octanol–water partition coefficient (Wildman–Crippen LogP) is -0.523. The zero-order chi connectivity index (χ0) is 16.4. The SMILES string of the molecule is CCN(CC)CCCNC(=O)C(=O)NC(=O)C1CCNCC1. The molecule has 0 saturated carbocycles. The van der Waals surface area contributed by atoms with Crippen LogP contribution in [0.4, 0.5) is 0 Å². The molecule has 1 rings (SSSR count). The maximum atomic E-state index is 11.9. The number of amides is 3. The molecule has 0 aliphatic carbocycles. The van der Waals surface area contributed by atoms with Crippen LogP contribution in [0.15, 0.2) is 0 Å². The van der Waals surface area contributed by atoms with Crippen molar-refractivity contribution in [3.63, 3.8) is 0 Å². The average molecular weight is 312 g/mol. The van der Waals surface area contributed by atoms with E-state index in [2.05, 4.69) is 34.7 Å². The summed E-state index contributed by atoms with van der Waals surface area (Å²) in [4.78, 5) is 37.4. The molecule has 0 spiro atoms. The van der Waals surface area contributed by atoms with Crippen LogP contribution in [0.2, 0.25) is 0 Å². The van der Waals surface area contributed by atoms with Crippen LogP contribution < -0.4 is 16.0 Å². The molecule has 7 nitrogen and oxygen atoms in total. The molecule has 1 heterocycles. The minimum atomic E-state index is -0.855. The van der Waals surface area contributed by atoms with E-state index in [9.17, 15) is 14.4 Å². The molecule has 7 heteroatoms. The highest BCUT2D eigenvalue weighted by atomic mass is 16.2. The number of rotatable bonds is 7. The molecule has 126 valence electrons. The zero-order valence-corrected chi connectivity index (χ0v) is 13.6. The van der Waals surface area contributed by atoms with Gasteiger partial charge < -0.3 is 15.5 Å². The van der Waals surface area contributed by atoms with Crippen molar-refractivity contribution in [2.45, 2.75) is 33.1 Å². The zero-order valence-electron chi connectivity index (χ0n) is 13.6. The van der Waals surface area contributed by atoms with Gasteiger partial charge in [-0.15, -0.1) is 0 Å². The lowest BCUT2D eigenvalue weighted by atomic mass is 9.97. The number of piperidine rings is 1. The van der Waals surface area contributed by atoms with Crippen molar-refractivity contribution < 1.29 is 14.4 Å². The van der Waals surface area contributed by atoms with Gasteiger partial charge in [0.25, 0.3) is 0 Å². The Hall–Kier alpha value is -1.47. The van der Waals surface area contributed by atoms with E-state index in [1.165, 1.54) is 0 Å². The van der Waals surface area contributed by atoms with Gasteiger partial charge in [-0.1, -0.05) is 13.8 Å². The molecule has 0 aromatic heterocycles. The van der Waals surface area contributed by atoms with Crippen LogP contribution in [-0.4, -0.2) is 61.9 Å². The van der Waals surface area contributed by atoms with Gasteiger partial charge in [0, 0.05) is 12.5 Å². The molecule has 3 amide bonds. The summed E-state index contributed by atoms with van der Waals surface area (Å²) in [7, 11) is 0. The van der Waals surface area contributed by atoms with Gasteiger partial charge in [-0.05, 0) is 52.0 Å². The third-order valence-corrected chi connectivity index (χ3v) is 3.98. The summed E-state index contributed by atoms with van der Waals surface area (Å²) in [6, 6.07) is 0. The number of carbonyl (C=O) groups is 3. The first-order valence-corrected chi connectivity index (χ1v) is 8.14. The second kappa shape index (κ2) is 10.3. The summed E-state index contributed by atoms with van der Waals surface area (Å²) in [6.45, 7) is 8.95. The van der Waals surface area contributed by atoms with Gasteiger partial charge in [0.05, 0.1) is 0 Å². The normalized spacial score (nSPS) is 15.6. The lowest BCUT2D eigenvalue weighted by molar-refractivity contribution is -0.143. The molecule has 3 N–H and O–H groups in total. The van der Waals surface area contributed by atoms with Crippen molar-refractivity contribution in [2.75, 3.05) is 39.3 Å². The van der Waals surface area contributed by atoms with E-state index in [-0.39, 0.29) is 11.8 Å². The van der Waals surface area contributed by atoms with Gasteiger partial charge in [-0.2, -0.15) is 0 Å². The van der Waals surface area contributed by atoms with Crippen molar-refractivity contribution in [1.82, 2.24) is 20.9 Å². The first kappa shape index (κ1) is 18.6. The number of nitrogens with one attached hydrogen (secondary N) is 3. The van der Waals surface area contributed by atoms with Crippen molar-refractivity contribution >= 4 is 17.7 Å². The lowest BCUT2D eigenvalue weighted by Gasteiger charge is -2.21. The van der Waals surface area contributed by atoms with Crippen LogP contribution in [0.5, 0.6) is 0 Å². The fourth-order valence-electron chi connectivity index (χ4n) is 2.48. The Morgan fingerprint density at radius 1 is 1.09 bits per heavy atom. The molecule has 1 saturated heterocycles. The van der Waals surface area contributed by atoms with Crippen molar-refractivity contribution in [1.29, 1.82) is 0 Å². The first-order chi connectivity index (χ1) is 10.6. The summed E-state index contributed by atoms with van der Waals surface area (Å²) in [6.07, 6.45) is 2.18. The molecule has 0 bridgehead atoms. The maximum absolute atomic E-state index is 11.9. The van der Waals surface area contributed by atoms with Gasteiger partial charge in [0.1, 0.15) is 0 Å². The van der Waals surface area contributed by atoms with Gasteiger partial charge >= 0.3 is 11.8 Å². The van der Waals surface area contributed by atoms with E-state index in [1.54, 1.807) is 0 Å². The highest BCUT2D eigenvalue weighted by Crippen LogP contribution is 2.10. The van der Waals surface area contributed by atoms with Crippen LogP contribution in [0.25, 0.3) is 0 Å². The van der Waals surface area contributed by atoms with E-state index in [0.29, 0.717) is 19.4 Å². The van der Waals surface area contributed by atoms with Crippen LogP contribution in [-0.2, 0) is 14.4 Å². The predicted molar refractivity (Wildman–Crippen MR) is 84.2 cm³/mol. The molecular weight excluding hydrogens is 284 g/mol. The van der Waals surface area contributed by atoms with E-state index in [4.69, 9.17) is 0 Å². The maximum Gasteiger partial charge on any atom is 0.315 e. The quantitative estimate of drug-likeness (QED) is 0.435. The third-order valence-electron chi connectivity index (χ3n) is 3.98. The molecule has 0 aromatic carbocycles. The smallest absolute Gasteiger partial charge is 0.315 e. The van der Waals surface area contributed by atoms with E-state index in [0.717, 1.165) is 39.1 Å².